The predicted molar refractivity (Wildman–Crippen MR) is 88.5 cm³/mol. The number of rotatable bonds is 5. The van der Waals surface area contributed by atoms with E-state index in [1.165, 1.54) is 4.90 Å². The Kier molecular flexibility index (Phi) is 6.29. The minimum atomic E-state index is 0.276. The van der Waals surface area contributed by atoms with Crippen molar-refractivity contribution < 1.29 is 4.74 Å². The summed E-state index contributed by atoms with van der Waals surface area (Å²) in [7, 11) is 0. The Morgan fingerprint density at radius 3 is 2.95 bits per heavy atom. The van der Waals surface area contributed by atoms with Crippen molar-refractivity contribution in [3.05, 3.63) is 29.8 Å². The molecule has 1 aliphatic rings. The number of hydrazone groups is 1. The molecular formula is C14H19N3OS2. The number of benzene rings is 1. The van der Waals surface area contributed by atoms with Crippen molar-refractivity contribution in [1.29, 1.82) is 0 Å². The van der Waals surface area contributed by atoms with Gasteiger partial charge in [-0.2, -0.15) is 5.10 Å². The van der Waals surface area contributed by atoms with Crippen LogP contribution in [0.2, 0.25) is 0 Å². The Morgan fingerprint density at radius 1 is 1.50 bits per heavy atom. The van der Waals surface area contributed by atoms with Gasteiger partial charge < -0.3 is 10.1 Å². The van der Waals surface area contributed by atoms with Gasteiger partial charge in [0, 0.05) is 18.0 Å². The normalized spacial score (nSPS) is 18.4. The Labute approximate surface area is 129 Å². The zero-order valence-electron chi connectivity index (χ0n) is 11.5. The fraction of sp³-hybridized carbons (Fsp3) is 0.429. The molecule has 108 valence electrons. The van der Waals surface area contributed by atoms with Crippen LogP contribution in [0.3, 0.4) is 0 Å². The molecule has 20 heavy (non-hydrogen) atoms. The maximum atomic E-state index is 5.51. The van der Waals surface area contributed by atoms with E-state index in [1.807, 2.05) is 12.1 Å². The molecule has 0 spiro atoms. The Morgan fingerprint density at radius 2 is 2.30 bits per heavy atom. The second kappa shape index (κ2) is 8.24. The van der Waals surface area contributed by atoms with E-state index in [2.05, 4.69) is 34.2 Å². The molecule has 2 rings (SSSR count). The molecule has 0 aromatic heterocycles. The molecule has 1 saturated heterocycles. The van der Waals surface area contributed by atoms with Crippen molar-refractivity contribution in [1.82, 2.24) is 10.7 Å². The molecule has 0 bridgehead atoms. The van der Waals surface area contributed by atoms with Crippen LogP contribution in [0.25, 0.3) is 0 Å². The van der Waals surface area contributed by atoms with Gasteiger partial charge in [0.15, 0.2) is 5.11 Å². The van der Waals surface area contributed by atoms with E-state index < -0.39 is 0 Å². The van der Waals surface area contributed by atoms with Gasteiger partial charge in [-0.05, 0) is 49.0 Å². The lowest BCUT2D eigenvalue weighted by Crippen LogP contribution is -2.37. The van der Waals surface area contributed by atoms with Crippen molar-refractivity contribution in [2.24, 2.45) is 5.10 Å². The molecule has 6 heteroatoms. The van der Waals surface area contributed by atoms with Crippen LogP contribution in [0, 0.1) is 0 Å². The molecule has 1 heterocycles. The van der Waals surface area contributed by atoms with Crippen molar-refractivity contribution in [2.75, 3.05) is 19.4 Å². The summed E-state index contributed by atoms with van der Waals surface area (Å²) in [6.07, 6.45) is 6.32. The van der Waals surface area contributed by atoms with E-state index >= 15 is 0 Å². The average Bonchev–Trinajstić information content (AvgIpc) is 2.99. The molecule has 0 amide bonds. The third kappa shape index (κ3) is 5.11. The smallest absolute Gasteiger partial charge is 0.187 e. The molecule has 4 nitrogen and oxygen atoms in total. The quantitative estimate of drug-likeness (QED) is 0.378. The lowest BCUT2D eigenvalue weighted by molar-refractivity contribution is 0.114. The van der Waals surface area contributed by atoms with Gasteiger partial charge in [-0.15, -0.1) is 11.8 Å². The van der Waals surface area contributed by atoms with Crippen molar-refractivity contribution in [3.8, 4) is 0 Å². The number of nitrogens with zero attached hydrogens (tertiary/aromatic N) is 1. The number of hydrogen-bond donors (Lipinski definition) is 2. The number of thioether (sulfide) groups is 1. The number of ether oxygens (including phenoxy) is 1. The summed E-state index contributed by atoms with van der Waals surface area (Å²) in [6, 6.07) is 8.19. The van der Waals surface area contributed by atoms with E-state index in [0.29, 0.717) is 5.11 Å². The van der Waals surface area contributed by atoms with Gasteiger partial charge in [0.2, 0.25) is 0 Å². The van der Waals surface area contributed by atoms with Crippen molar-refractivity contribution in [2.45, 2.75) is 23.8 Å². The highest BCUT2D eigenvalue weighted by Gasteiger charge is 2.14. The van der Waals surface area contributed by atoms with Gasteiger partial charge in [0.05, 0.1) is 12.3 Å². The van der Waals surface area contributed by atoms with Gasteiger partial charge in [-0.3, -0.25) is 5.43 Å². The molecular weight excluding hydrogens is 290 g/mol. The summed E-state index contributed by atoms with van der Waals surface area (Å²) < 4.78 is 5.51. The van der Waals surface area contributed by atoms with Crippen LogP contribution in [0.5, 0.6) is 0 Å². The third-order valence-corrected chi connectivity index (χ3v) is 3.99. The minimum Gasteiger partial charge on any atom is -0.376 e. The topological polar surface area (TPSA) is 45.7 Å². The summed E-state index contributed by atoms with van der Waals surface area (Å²) in [6.45, 7) is 1.60. The van der Waals surface area contributed by atoms with E-state index in [1.54, 1.807) is 18.0 Å². The van der Waals surface area contributed by atoms with Crippen LogP contribution < -0.4 is 10.7 Å². The largest absolute Gasteiger partial charge is 0.376 e. The van der Waals surface area contributed by atoms with Crippen molar-refractivity contribution in [3.63, 3.8) is 0 Å². The number of nitrogens with one attached hydrogen (secondary N) is 2. The Hall–Kier alpha value is -1.11. The highest BCUT2D eigenvalue weighted by atomic mass is 32.2. The number of thiocarbonyl (C=S) groups is 1. The summed E-state index contributed by atoms with van der Waals surface area (Å²) >= 11 is 6.87. The summed E-state index contributed by atoms with van der Waals surface area (Å²) in [5, 5.41) is 7.75. The van der Waals surface area contributed by atoms with Crippen LogP contribution in [0.15, 0.2) is 34.3 Å². The molecule has 1 aromatic rings. The second-order valence-electron chi connectivity index (χ2n) is 4.49. The molecule has 0 unspecified atom stereocenters. The van der Waals surface area contributed by atoms with E-state index in [-0.39, 0.29) is 6.10 Å². The zero-order valence-corrected chi connectivity index (χ0v) is 13.1. The molecule has 2 N–H and O–H groups in total. The standard InChI is InChI=1S/C14H19N3OS2/c1-20-13-6-4-11(5-7-13)9-16-17-14(19)15-10-12-3-2-8-18-12/h4-7,9,12H,2-3,8,10H2,1H3,(H2,15,17,19)/b16-9-/t12-/m0/s1. The number of hydrogen-bond acceptors (Lipinski definition) is 4. The molecule has 1 fully saturated rings. The van der Waals surface area contributed by atoms with E-state index in [9.17, 15) is 0 Å². The minimum absolute atomic E-state index is 0.276. The fourth-order valence-corrected chi connectivity index (χ4v) is 2.45. The molecule has 1 aromatic carbocycles. The first kappa shape index (κ1) is 15.3. The highest BCUT2D eigenvalue weighted by molar-refractivity contribution is 7.98. The van der Waals surface area contributed by atoms with Crippen molar-refractivity contribution >= 4 is 35.3 Å². The van der Waals surface area contributed by atoms with Crippen LogP contribution in [0.1, 0.15) is 18.4 Å². The maximum absolute atomic E-state index is 5.51. The predicted octanol–water partition coefficient (Wildman–Crippen LogP) is 2.39. The van der Waals surface area contributed by atoms with Gasteiger partial charge in [0.1, 0.15) is 0 Å². The third-order valence-electron chi connectivity index (χ3n) is 3.01. The average molecular weight is 309 g/mol. The lowest BCUT2D eigenvalue weighted by atomic mass is 10.2. The van der Waals surface area contributed by atoms with E-state index in [0.717, 1.165) is 31.6 Å². The molecule has 1 atom stereocenters. The first-order valence-electron chi connectivity index (χ1n) is 6.60. The lowest BCUT2D eigenvalue weighted by Gasteiger charge is -2.11. The van der Waals surface area contributed by atoms with Crippen LogP contribution in [-0.4, -0.2) is 36.8 Å². The Balaban J connectivity index is 1.69. The van der Waals surface area contributed by atoms with Crippen LogP contribution >= 0.6 is 24.0 Å². The zero-order chi connectivity index (χ0) is 14.2. The summed E-state index contributed by atoms with van der Waals surface area (Å²) in [5.41, 5.74) is 3.85. The molecule has 0 radical (unpaired) electrons. The second-order valence-corrected chi connectivity index (χ2v) is 5.78. The van der Waals surface area contributed by atoms with Gasteiger partial charge in [-0.1, -0.05) is 12.1 Å². The molecule has 0 aliphatic carbocycles. The van der Waals surface area contributed by atoms with Crippen LogP contribution in [-0.2, 0) is 4.74 Å². The fourth-order valence-electron chi connectivity index (χ4n) is 1.91. The molecule has 0 saturated carbocycles. The summed E-state index contributed by atoms with van der Waals surface area (Å²) in [4.78, 5) is 1.24. The Bertz CT molecular complexity index is 456. The van der Waals surface area contributed by atoms with E-state index in [4.69, 9.17) is 17.0 Å². The van der Waals surface area contributed by atoms with Gasteiger partial charge in [-0.25, -0.2) is 0 Å². The monoisotopic (exact) mass is 309 g/mol. The van der Waals surface area contributed by atoms with Gasteiger partial charge >= 0.3 is 0 Å². The first-order chi connectivity index (χ1) is 9.78. The van der Waals surface area contributed by atoms with Gasteiger partial charge in [0.25, 0.3) is 0 Å². The summed E-state index contributed by atoms with van der Waals surface area (Å²) in [5.74, 6) is 0. The first-order valence-corrected chi connectivity index (χ1v) is 8.24. The maximum Gasteiger partial charge on any atom is 0.187 e. The SMILES string of the molecule is CSc1ccc(/C=N\NC(=S)NC[C@@H]2CCCO2)cc1. The highest BCUT2D eigenvalue weighted by Crippen LogP contribution is 2.13. The molecule has 1 aliphatic heterocycles. The van der Waals surface area contributed by atoms with Crippen LogP contribution in [0.4, 0.5) is 0 Å².